The number of fused-ring (bicyclic) bond motifs is 1. The van der Waals surface area contributed by atoms with Crippen molar-refractivity contribution in [3.63, 3.8) is 0 Å². The van der Waals surface area contributed by atoms with Crippen molar-refractivity contribution in [3.05, 3.63) is 41.9 Å². The molecule has 0 spiro atoms. The van der Waals surface area contributed by atoms with E-state index in [1.165, 1.54) is 6.20 Å². The Hall–Kier alpha value is -3.11. The van der Waals surface area contributed by atoms with Crippen LogP contribution in [0.3, 0.4) is 0 Å². The van der Waals surface area contributed by atoms with Crippen LogP contribution in [0.5, 0.6) is 0 Å². The van der Waals surface area contributed by atoms with E-state index >= 15 is 0 Å². The van der Waals surface area contributed by atoms with Crippen molar-refractivity contribution in [2.24, 2.45) is 0 Å². The molecule has 2 aromatic heterocycles. The minimum atomic E-state index is -0.831. The minimum absolute atomic E-state index is 0.0566. The smallest absolute Gasteiger partial charge is 0.256 e. The molecule has 2 aromatic rings. The second-order valence-corrected chi connectivity index (χ2v) is 8.21. The summed E-state index contributed by atoms with van der Waals surface area (Å²) in [5, 5.41) is 33.9. The van der Waals surface area contributed by atoms with E-state index in [1.807, 2.05) is 31.0 Å². The van der Waals surface area contributed by atoms with E-state index in [0.29, 0.717) is 41.4 Å². The third kappa shape index (κ3) is 4.21. The van der Waals surface area contributed by atoms with Gasteiger partial charge in [-0.25, -0.2) is 4.98 Å². The van der Waals surface area contributed by atoms with Gasteiger partial charge in [-0.2, -0.15) is 9.61 Å². The zero-order chi connectivity index (χ0) is 22.1. The van der Waals surface area contributed by atoms with Crippen molar-refractivity contribution in [1.29, 1.82) is 0 Å². The summed E-state index contributed by atoms with van der Waals surface area (Å²) < 4.78 is 1.57. The monoisotopic (exact) mass is 427 g/mol. The van der Waals surface area contributed by atoms with E-state index in [0.717, 1.165) is 6.42 Å². The maximum atomic E-state index is 12.9. The highest BCUT2D eigenvalue weighted by Crippen LogP contribution is 2.24. The average Bonchev–Trinajstić information content (AvgIpc) is 3.34. The number of carbonyl (C=O) groups excluding carboxylic acids is 1. The molecule has 166 valence electrons. The van der Waals surface area contributed by atoms with Gasteiger partial charge in [0.2, 0.25) is 0 Å². The van der Waals surface area contributed by atoms with Crippen LogP contribution in [0.1, 0.15) is 43.5 Å². The van der Waals surface area contributed by atoms with Crippen LogP contribution in [-0.2, 0) is 0 Å². The first-order valence-electron chi connectivity index (χ1n) is 10.5. The van der Waals surface area contributed by atoms with Crippen LogP contribution in [0.25, 0.3) is 5.65 Å². The maximum absolute atomic E-state index is 12.9. The van der Waals surface area contributed by atoms with E-state index < -0.39 is 6.23 Å². The number of hydrogen-bond donors (Lipinski definition) is 5. The molecule has 1 aliphatic heterocycles. The van der Waals surface area contributed by atoms with Crippen molar-refractivity contribution in [2.75, 3.05) is 17.7 Å². The van der Waals surface area contributed by atoms with Gasteiger partial charge in [0.25, 0.3) is 5.91 Å². The van der Waals surface area contributed by atoms with Crippen LogP contribution < -0.4 is 16.0 Å². The van der Waals surface area contributed by atoms with E-state index in [9.17, 15) is 15.0 Å². The zero-order valence-corrected chi connectivity index (χ0v) is 17.9. The van der Waals surface area contributed by atoms with Gasteiger partial charge in [0.15, 0.2) is 11.9 Å². The van der Waals surface area contributed by atoms with Gasteiger partial charge in [-0.05, 0) is 45.3 Å². The van der Waals surface area contributed by atoms with Crippen molar-refractivity contribution in [2.45, 2.75) is 57.5 Å². The maximum Gasteiger partial charge on any atom is 0.256 e. The summed E-state index contributed by atoms with van der Waals surface area (Å²) in [5.41, 5.74) is 1.33. The summed E-state index contributed by atoms with van der Waals surface area (Å²) in [6.45, 7) is 4.00. The quantitative estimate of drug-likeness (QED) is 0.466. The average molecular weight is 428 g/mol. The standard InChI is InChI=1S/C21H29N7O3/c1-12(2)27-8-4-5-16(21(27)31)25-17-10-18(22-3)28-19(26-17)15(11-23-28)20(30)24-13-6-7-14(29)9-13/h4-5,8,10-14,21-22,29,31H,6-7,9H2,1-3H3,(H,24,30)(H,25,26)/t13-,14+,21?/m1/s1. The lowest BCUT2D eigenvalue weighted by Crippen LogP contribution is -2.40. The number of aromatic nitrogens is 3. The third-order valence-corrected chi connectivity index (χ3v) is 5.68. The summed E-state index contributed by atoms with van der Waals surface area (Å²) in [7, 11) is 1.76. The molecule has 1 saturated carbocycles. The number of amides is 1. The first-order chi connectivity index (χ1) is 14.9. The molecule has 4 rings (SSSR count). The van der Waals surface area contributed by atoms with Crippen LogP contribution in [0.15, 0.2) is 36.3 Å². The molecule has 3 heterocycles. The Morgan fingerprint density at radius 3 is 2.77 bits per heavy atom. The molecule has 1 fully saturated rings. The fourth-order valence-corrected chi connectivity index (χ4v) is 4.00. The van der Waals surface area contributed by atoms with Crippen LogP contribution in [-0.4, -0.2) is 67.1 Å². The third-order valence-electron chi connectivity index (χ3n) is 5.68. The van der Waals surface area contributed by atoms with Gasteiger partial charge in [0.05, 0.1) is 18.0 Å². The number of rotatable bonds is 6. The van der Waals surface area contributed by atoms with Crippen LogP contribution in [0.4, 0.5) is 11.6 Å². The Morgan fingerprint density at radius 2 is 2.10 bits per heavy atom. The summed E-state index contributed by atoms with van der Waals surface area (Å²) in [5.74, 6) is 0.851. The Balaban J connectivity index is 1.62. The summed E-state index contributed by atoms with van der Waals surface area (Å²) in [6, 6.07) is 1.83. The van der Waals surface area contributed by atoms with Gasteiger partial charge in [-0.1, -0.05) is 0 Å². The summed E-state index contributed by atoms with van der Waals surface area (Å²) in [6.07, 6.45) is 7.79. The fraction of sp³-hybridized carbons (Fsp3) is 0.476. The van der Waals surface area contributed by atoms with E-state index in [4.69, 9.17) is 0 Å². The predicted molar refractivity (Wildman–Crippen MR) is 117 cm³/mol. The van der Waals surface area contributed by atoms with Gasteiger partial charge in [0.1, 0.15) is 17.2 Å². The van der Waals surface area contributed by atoms with Gasteiger partial charge in [-0.15, -0.1) is 0 Å². The topological polar surface area (TPSA) is 127 Å². The Labute approximate surface area is 180 Å². The molecular weight excluding hydrogens is 398 g/mol. The number of nitrogens with zero attached hydrogens (tertiary/aromatic N) is 4. The molecule has 31 heavy (non-hydrogen) atoms. The van der Waals surface area contributed by atoms with Crippen LogP contribution in [0.2, 0.25) is 0 Å². The first-order valence-corrected chi connectivity index (χ1v) is 10.5. The molecule has 0 aromatic carbocycles. The molecule has 1 amide bonds. The van der Waals surface area contributed by atoms with Crippen molar-refractivity contribution >= 4 is 23.2 Å². The predicted octanol–water partition coefficient (Wildman–Crippen LogP) is 1.27. The van der Waals surface area contributed by atoms with Gasteiger partial charge in [0, 0.05) is 31.4 Å². The second-order valence-electron chi connectivity index (χ2n) is 8.21. The highest BCUT2D eigenvalue weighted by Gasteiger charge is 2.27. The number of nitrogens with one attached hydrogen (secondary N) is 3. The van der Waals surface area contributed by atoms with E-state index in [2.05, 4.69) is 26.0 Å². The lowest BCUT2D eigenvalue weighted by Gasteiger charge is -2.34. The van der Waals surface area contributed by atoms with Crippen molar-refractivity contribution in [3.8, 4) is 0 Å². The lowest BCUT2D eigenvalue weighted by molar-refractivity contribution is 0.0478. The zero-order valence-electron chi connectivity index (χ0n) is 17.9. The first kappa shape index (κ1) is 21.1. The fourth-order valence-electron chi connectivity index (χ4n) is 4.00. The molecule has 5 N–H and O–H groups in total. The van der Waals surface area contributed by atoms with Gasteiger partial charge >= 0.3 is 0 Å². The molecule has 1 unspecified atom stereocenters. The van der Waals surface area contributed by atoms with Crippen molar-refractivity contribution < 1.29 is 15.0 Å². The van der Waals surface area contributed by atoms with Crippen LogP contribution in [0, 0.1) is 0 Å². The highest BCUT2D eigenvalue weighted by atomic mass is 16.3. The SMILES string of the molecule is CNc1cc(NC2=CC=CN(C(C)C)C2O)nc2c(C(=O)N[C@@H]3CC[C@H](O)C3)cnn12. The number of aliphatic hydroxyl groups excluding tert-OH is 2. The number of anilines is 2. The number of carbonyl (C=O) groups is 1. The largest absolute Gasteiger partial charge is 0.393 e. The van der Waals surface area contributed by atoms with Crippen molar-refractivity contribution in [1.82, 2.24) is 24.8 Å². The molecular formula is C21H29N7O3. The van der Waals surface area contributed by atoms with Gasteiger partial charge in [-0.3, -0.25) is 4.79 Å². The van der Waals surface area contributed by atoms with Gasteiger partial charge < -0.3 is 31.1 Å². The summed E-state index contributed by atoms with van der Waals surface area (Å²) in [4.78, 5) is 19.3. The Kier molecular flexibility index (Phi) is 5.84. The molecule has 10 nitrogen and oxygen atoms in total. The molecule has 3 atom stereocenters. The highest BCUT2D eigenvalue weighted by molar-refractivity contribution is 6.00. The number of aliphatic hydroxyl groups is 2. The van der Waals surface area contributed by atoms with E-state index in [1.54, 1.807) is 23.7 Å². The Bertz CT molecular complexity index is 1030. The van der Waals surface area contributed by atoms with E-state index in [-0.39, 0.29) is 24.1 Å². The number of allylic oxidation sites excluding steroid dienone is 2. The summed E-state index contributed by atoms with van der Waals surface area (Å²) >= 11 is 0. The molecule has 0 saturated heterocycles. The molecule has 1 aliphatic carbocycles. The van der Waals surface area contributed by atoms with Crippen LogP contribution >= 0.6 is 0 Å². The molecule has 10 heteroatoms. The normalized spacial score (nSPS) is 23.4. The molecule has 0 bridgehead atoms. The lowest BCUT2D eigenvalue weighted by atomic mass is 10.2. The minimum Gasteiger partial charge on any atom is -0.393 e. The number of hydrogen-bond acceptors (Lipinski definition) is 8. The Morgan fingerprint density at radius 1 is 1.29 bits per heavy atom. The molecule has 0 radical (unpaired) electrons. The molecule has 2 aliphatic rings. The second kappa shape index (κ2) is 8.56.